The molecule has 2 aromatic carbocycles. The van der Waals surface area contributed by atoms with Gasteiger partial charge in [-0.15, -0.1) is 5.10 Å². The quantitative estimate of drug-likeness (QED) is 0.308. The summed E-state index contributed by atoms with van der Waals surface area (Å²) in [6.07, 6.45) is 3.25. The van der Waals surface area contributed by atoms with E-state index in [1.807, 2.05) is 73.7 Å². The second kappa shape index (κ2) is 8.77. The molecule has 0 spiro atoms. The largest absolute Gasteiger partial charge is 0.493 e. The van der Waals surface area contributed by atoms with Gasteiger partial charge in [0.25, 0.3) is 0 Å². The van der Waals surface area contributed by atoms with Gasteiger partial charge in [-0.3, -0.25) is 0 Å². The highest BCUT2D eigenvalue weighted by Crippen LogP contribution is 2.49. The maximum atomic E-state index is 6.41. The molecule has 5 heterocycles. The number of rotatable bonds is 6. The summed E-state index contributed by atoms with van der Waals surface area (Å²) in [6.45, 7) is 2.12. The van der Waals surface area contributed by atoms with Crippen molar-refractivity contribution in [1.29, 1.82) is 0 Å². The first-order valence-corrected chi connectivity index (χ1v) is 12.1. The molecule has 10 nitrogen and oxygen atoms in total. The predicted molar refractivity (Wildman–Crippen MR) is 136 cm³/mol. The topological polar surface area (TPSA) is 102 Å². The second-order valence-electron chi connectivity index (χ2n) is 8.80. The number of nitrogens with zero attached hydrogens (tertiary/aromatic N) is 6. The van der Waals surface area contributed by atoms with E-state index in [0.717, 1.165) is 28.3 Å². The molecule has 0 fully saturated rings. The molecule has 0 saturated carbocycles. The summed E-state index contributed by atoms with van der Waals surface area (Å²) in [5.74, 6) is 3.15. The molecular weight excluding hydrogens is 484 g/mol. The van der Waals surface area contributed by atoms with Gasteiger partial charge in [-0.25, -0.2) is 19.2 Å². The molecule has 0 aliphatic carbocycles. The molecule has 1 aliphatic rings. The summed E-state index contributed by atoms with van der Waals surface area (Å²) in [7, 11) is 1.61. The van der Waals surface area contributed by atoms with Crippen LogP contribution in [0.5, 0.6) is 23.3 Å². The molecule has 38 heavy (non-hydrogen) atoms. The summed E-state index contributed by atoms with van der Waals surface area (Å²) < 4.78 is 27.1. The zero-order valence-electron chi connectivity index (χ0n) is 20.6. The van der Waals surface area contributed by atoms with Crippen LogP contribution in [0.2, 0.25) is 0 Å². The lowest BCUT2D eigenvalue weighted by Crippen LogP contribution is -2.15. The third-order valence-electron chi connectivity index (χ3n) is 6.52. The molecule has 1 aliphatic heterocycles. The molecule has 10 heteroatoms. The number of para-hydroxylation sites is 3. The van der Waals surface area contributed by atoms with Gasteiger partial charge < -0.3 is 18.6 Å². The average molecular weight is 507 g/mol. The minimum absolute atomic E-state index is 0.152. The normalized spacial score (nSPS) is 14.1. The van der Waals surface area contributed by atoms with Gasteiger partial charge in [0.1, 0.15) is 18.7 Å². The number of aromatic nitrogens is 6. The van der Waals surface area contributed by atoms with Crippen LogP contribution in [0.15, 0.2) is 83.7 Å². The molecule has 0 amide bonds. The van der Waals surface area contributed by atoms with Crippen LogP contribution in [0.3, 0.4) is 0 Å². The van der Waals surface area contributed by atoms with E-state index in [1.165, 1.54) is 0 Å². The number of ether oxygens (including phenoxy) is 3. The lowest BCUT2D eigenvalue weighted by atomic mass is 9.88. The van der Waals surface area contributed by atoms with Crippen molar-refractivity contribution in [1.82, 2.24) is 29.4 Å². The Balaban J connectivity index is 1.34. The van der Waals surface area contributed by atoms with Crippen LogP contribution in [0.1, 0.15) is 34.3 Å². The number of fused-ring (bicyclic) bond motifs is 4. The van der Waals surface area contributed by atoms with Gasteiger partial charge >= 0.3 is 0 Å². The van der Waals surface area contributed by atoms with Crippen molar-refractivity contribution in [2.24, 2.45) is 0 Å². The minimum atomic E-state index is -0.343. The van der Waals surface area contributed by atoms with E-state index < -0.39 is 0 Å². The van der Waals surface area contributed by atoms with Crippen LogP contribution in [0, 0.1) is 6.92 Å². The van der Waals surface area contributed by atoms with Gasteiger partial charge in [0.15, 0.2) is 23.0 Å². The van der Waals surface area contributed by atoms with Crippen molar-refractivity contribution in [3.63, 3.8) is 0 Å². The Morgan fingerprint density at radius 3 is 2.53 bits per heavy atom. The van der Waals surface area contributed by atoms with Crippen LogP contribution in [0.25, 0.3) is 11.3 Å². The Bertz CT molecular complexity index is 1760. The van der Waals surface area contributed by atoms with Crippen molar-refractivity contribution < 1.29 is 18.6 Å². The number of furan rings is 1. The number of aryl methyl sites for hydroxylation is 1. The maximum Gasteiger partial charge on any atom is 0.230 e. The molecule has 6 aromatic rings. The highest BCUT2D eigenvalue weighted by molar-refractivity contribution is 5.65. The first kappa shape index (κ1) is 22.1. The lowest BCUT2D eigenvalue weighted by molar-refractivity contribution is 0.276. The minimum Gasteiger partial charge on any atom is -0.493 e. The van der Waals surface area contributed by atoms with Crippen LogP contribution < -0.4 is 14.2 Å². The first-order chi connectivity index (χ1) is 18.7. The van der Waals surface area contributed by atoms with Gasteiger partial charge in [-0.05, 0) is 43.3 Å². The van der Waals surface area contributed by atoms with E-state index in [1.54, 1.807) is 28.9 Å². The smallest absolute Gasteiger partial charge is 0.230 e. The Kier molecular flexibility index (Phi) is 5.10. The van der Waals surface area contributed by atoms with E-state index >= 15 is 0 Å². The Morgan fingerprint density at radius 1 is 0.921 bits per heavy atom. The van der Waals surface area contributed by atoms with Crippen molar-refractivity contribution in [2.45, 2.75) is 19.4 Å². The number of methoxy groups -OCH3 is 1. The van der Waals surface area contributed by atoms with Gasteiger partial charge in [0.05, 0.1) is 41.8 Å². The van der Waals surface area contributed by atoms with Crippen molar-refractivity contribution in [3.05, 3.63) is 108 Å². The van der Waals surface area contributed by atoms with E-state index in [9.17, 15) is 0 Å². The summed E-state index contributed by atoms with van der Waals surface area (Å²) >= 11 is 0. The Morgan fingerprint density at radius 2 is 1.74 bits per heavy atom. The summed E-state index contributed by atoms with van der Waals surface area (Å²) in [4.78, 5) is 9.43. The summed E-state index contributed by atoms with van der Waals surface area (Å²) in [5.41, 5.74) is 3.95. The molecule has 0 bridgehead atoms. The van der Waals surface area contributed by atoms with Crippen LogP contribution in [-0.4, -0.2) is 36.5 Å². The Labute approximate surface area is 217 Å². The van der Waals surface area contributed by atoms with Gasteiger partial charge in [-0.2, -0.15) is 5.10 Å². The van der Waals surface area contributed by atoms with E-state index in [4.69, 9.17) is 28.7 Å². The fourth-order valence-corrected chi connectivity index (χ4v) is 4.85. The maximum absolute atomic E-state index is 6.41. The van der Waals surface area contributed by atoms with Crippen LogP contribution in [-0.2, 0) is 6.61 Å². The van der Waals surface area contributed by atoms with Crippen molar-refractivity contribution in [2.75, 3.05) is 7.11 Å². The zero-order valence-corrected chi connectivity index (χ0v) is 20.6. The average Bonchev–Trinajstić information content (AvgIpc) is 3.71. The number of hydrogen-bond donors (Lipinski definition) is 0. The number of hydrogen-bond acceptors (Lipinski definition) is 8. The van der Waals surface area contributed by atoms with Crippen molar-refractivity contribution in [3.8, 4) is 28.9 Å². The molecule has 1 atom stereocenters. The third-order valence-corrected chi connectivity index (χ3v) is 6.52. The molecule has 188 valence electrons. The summed E-state index contributed by atoms with van der Waals surface area (Å²) in [5, 5.41) is 9.43. The first-order valence-electron chi connectivity index (χ1n) is 12.1. The monoisotopic (exact) mass is 506 g/mol. The summed E-state index contributed by atoms with van der Waals surface area (Å²) in [6, 6.07) is 21.1. The molecule has 7 rings (SSSR count). The Hall–Kier alpha value is -5.12. The van der Waals surface area contributed by atoms with E-state index in [0.29, 0.717) is 34.7 Å². The number of benzene rings is 2. The second-order valence-corrected chi connectivity index (χ2v) is 8.80. The van der Waals surface area contributed by atoms with E-state index in [-0.39, 0.29) is 12.5 Å². The van der Waals surface area contributed by atoms with Crippen molar-refractivity contribution >= 4 is 5.65 Å². The SMILES string of the molecule is COc1ccccc1OCc1nc2c3c(ncn2n1)Oc1c(c(C)nn1-c1ccccc1)[C@H]3c1ccco1. The fraction of sp³-hybridized carbons (Fsp3) is 0.143. The molecule has 4 aromatic heterocycles. The van der Waals surface area contributed by atoms with Crippen LogP contribution in [0.4, 0.5) is 0 Å². The lowest BCUT2D eigenvalue weighted by Gasteiger charge is -2.24. The van der Waals surface area contributed by atoms with Crippen LogP contribution >= 0.6 is 0 Å². The highest BCUT2D eigenvalue weighted by Gasteiger charge is 2.39. The molecule has 0 N–H and O–H groups in total. The molecular formula is C28H22N6O4. The van der Waals surface area contributed by atoms with E-state index in [2.05, 4.69) is 10.1 Å². The zero-order chi connectivity index (χ0) is 25.6. The predicted octanol–water partition coefficient (Wildman–Crippen LogP) is 5.08. The molecule has 0 unspecified atom stereocenters. The molecule has 0 radical (unpaired) electrons. The third kappa shape index (κ3) is 3.49. The standard InChI is InChI=1S/C28H22N6O4/c1-17-23-24(21-13-8-14-36-21)25-26-30-22(15-37-20-12-7-6-11-19(20)35-2)32-33(26)16-29-27(25)38-28(23)34(31-17)18-9-4-3-5-10-18/h3-14,16,24H,15H2,1-2H3/t24-/m1/s1. The van der Waals surface area contributed by atoms with Gasteiger partial charge in [0, 0.05) is 0 Å². The van der Waals surface area contributed by atoms with Gasteiger partial charge in [-0.1, -0.05) is 30.3 Å². The van der Waals surface area contributed by atoms with Gasteiger partial charge in [0.2, 0.25) is 11.8 Å². The fourth-order valence-electron chi connectivity index (χ4n) is 4.85. The molecule has 0 saturated heterocycles. The highest BCUT2D eigenvalue weighted by atomic mass is 16.5.